The molecule has 3 rings (SSSR count). The monoisotopic (exact) mass is 325 g/mol. The van der Waals surface area contributed by atoms with E-state index in [2.05, 4.69) is 0 Å². The van der Waals surface area contributed by atoms with Gasteiger partial charge in [0.2, 0.25) is 0 Å². The molecule has 0 aliphatic carbocycles. The van der Waals surface area contributed by atoms with Crippen LogP contribution in [0.4, 0.5) is 4.79 Å². The van der Waals surface area contributed by atoms with E-state index in [1.54, 1.807) is 13.2 Å². The molecule has 116 valence electrons. The van der Waals surface area contributed by atoms with Gasteiger partial charge in [-0.3, -0.25) is 14.5 Å². The molecule has 1 saturated heterocycles. The molecule has 2 aromatic rings. The van der Waals surface area contributed by atoms with Crippen LogP contribution in [-0.4, -0.2) is 30.2 Å². The number of amides is 2. The fourth-order valence-electron chi connectivity index (χ4n) is 2.27. The van der Waals surface area contributed by atoms with Crippen LogP contribution in [0.25, 0.3) is 17.2 Å². The largest absolute Gasteiger partial charge is 0.497 e. The minimum absolute atomic E-state index is 0.241. The summed E-state index contributed by atoms with van der Waals surface area (Å²) in [4.78, 5) is 25.0. The average molecular weight is 325 g/mol. The molecule has 5 heteroatoms. The molecule has 0 N–H and O–H groups in total. The van der Waals surface area contributed by atoms with Crippen molar-refractivity contribution in [2.45, 2.75) is 0 Å². The molecule has 0 atom stereocenters. The Bertz CT molecular complexity index is 796. The van der Waals surface area contributed by atoms with Crippen LogP contribution in [-0.2, 0) is 4.79 Å². The number of hydrogen-bond acceptors (Lipinski definition) is 4. The van der Waals surface area contributed by atoms with Crippen molar-refractivity contribution in [1.29, 1.82) is 0 Å². The van der Waals surface area contributed by atoms with Crippen LogP contribution in [0.3, 0.4) is 0 Å². The van der Waals surface area contributed by atoms with E-state index >= 15 is 0 Å². The zero-order chi connectivity index (χ0) is 16.4. The molecule has 23 heavy (non-hydrogen) atoms. The Morgan fingerprint density at radius 3 is 2.39 bits per heavy atom. The smallest absolute Gasteiger partial charge is 0.293 e. The van der Waals surface area contributed by atoms with Gasteiger partial charge in [0.25, 0.3) is 11.1 Å². The summed E-state index contributed by atoms with van der Waals surface area (Å²) in [7, 11) is 3.13. The molecule has 0 radical (unpaired) electrons. The van der Waals surface area contributed by atoms with Crippen LogP contribution in [0.2, 0.25) is 0 Å². The van der Waals surface area contributed by atoms with E-state index in [0.717, 1.165) is 39.1 Å². The van der Waals surface area contributed by atoms with Crippen LogP contribution in [0.15, 0.2) is 53.4 Å². The normalized spacial score (nSPS) is 16.3. The lowest BCUT2D eigenvalue weighted by atomic mass is 10.0. The van der Waals surface area contributed by atoms with Gasteiger partial charge in [0.05, 0.1) is 12.0 Å². The molecule has 0 saturated carbocycles. The van der Waals surface area contributed by atoms with Gasteiger partial charge < -0.3 is 4.74 Å². The maximum atomic E-state index is 11.9. The van der Waals surface area contributed by atoms with Crippen LogP contribution >= 0.6 is 11.8 Å². The van der Waals surface area contributed by atoms with Gasteiger partial charge in [0.15, 0.2) is 0 Å². The molecule has 0 spiro atoms. The SMILES string of the molecule is COc1cccc(-c2ccc(/C=C3\SC(=O)N(C)C3=O)cc2)c1. The molecule has 0 bridgehead atoms. The lowest BCUT2D eigenvalue weighted by Crippen LogP contribution is -2.22. The van der Waals surface area contributed by atoms with Crippen LogP contribution in [0.1, 0.15) is 5.56 Å². The third kappa shape index (κ3) is 3.14. The predicted molar refractivity (Wildman–Crippen MR) is 92.2 cm³/mol. The third-order valence-corrected chi connectivity index (χ3v) is 4.56. The number of thioether (sulfide) groups is 1. The van der Waals surface area contributed by atoms with Crippen LogP contribution in [0.5, 0.6) is 5.75 Å². The fourth-order valence-corrected chi connectivity index (χ4v) is 3.10. The first-order chi connectivity index (χ1) is 11.1. The number of rotatable bonds is 3. The lowest BCUT2D eigenvalue weighted by molar-refractivity contribution is -0.121. The summed E-state index contributed by atoms with van der Waals surface area (Å²) in [6, 6.07) is 15.7. The zero-order valence-electron chi connectivity index (χ0n) is 12.8. The van der Waals surface area contributed by atoms with Crippen molar-refractivity contribution >= 4 is 29.0 Å². The van der Waals surface area contributed by atoms with Crippen molar-refractivity contribution in [3.8, 4) is 16.9 Å². The number of nitrogens with zero attached hydrogens (tertiary/aromatic N) is 1. The number of carbonyl (C=O) groups excluding carboxylic acids is 2. The molecule has 0 unspecified atom stereocenters. The van der Waals surface area contributed by atoms with E-state index in [9.17, 15) is 9.59 Å². The summed E-state index contributed by atoms with van der Waals surface area (Å²) in [5.41, 5.74) is 3.00. The van der Waals surface area contributed by atoms with E-state index in [1.807, 2.05) is 48.5 Å². The molecule has 2 aromatic carbocycles. The maximum Gasteiger partial charge on any atom is 0.293 e. The minimum Gasteiger partial charge on any atom is -0.497 e. The van der Waals surface area contributed by atoms with Crippen LogP contribution in [0, 0.1) is 0 Å². The first kappa shape index (κ1) is 15.4. The van der Waals surface area contributed by atoms with E-state index < -0.39 is 0 Å². The first-order valence-electron chi connectivity index (χ1n) is 7.04. The highest BCUT2D eigenvalue weighted by Crippen LogP contribution is 2.31. The summed E-state index contributed by atoms with van der Waals surface area (Å²) < 4.78 is 5.23. The van der Waals surface area contributed by atoms with Gasteiger partial charge in [0, 0.05) is 7.05 Å². The standard InChI is InChI=1S/C18H15NO3S/c1-19-17(20)16(23-18(19)21)10-12-6-8-13(9-7-12)14-4-3-5-15(11-14)22-2/h3-11H,1-2H3/b16-10-. The number of methoxy groups -OCH3 is 1. The van der Waals surface area contributed by atoms with Crippen molar-refractivity contribution in [1.82, 2.24) is 4.90 Å². The molecular formula is C18H15NO3S. The third-order valence-electron chi connectivity index (χ3n) is 3.60. The minimum atomic E-state index is -0.253. The van der Waals surface area contributed by atoms with Gasteiger partial charge in [-0.25, -0.2) is 0 Å². The average Bonchev–Trinajstić information content (AvgIpc) is 2.82. The van der Waals surface area contributed by atoms with E-state index in [-0.39, 0.29) is 11.1 Å². The van der Waals surface area contributed by atoms with Gasteiger partial charge in [-0.1, -0.05) is 36.4 Å². The van der Waals surface area contributed by atoms with Crippen molar-refractivity contribution in [3.05, 3.63) is 59.0 Å². The number of imide groups is 1. The molecule has 1 fully saturated rings. The number of benzene rings is 2. The van der Waals surface area contributed by atoms with Gasteiger partial charge in [-0.05, 0) is 46.7 Å². The molecular weight excluding hydrogens is 310 g/mol. The van der Waals surface area contributed by atoms with Gasteiger partial charge in [-0.2, -0.15) is 0 Å². The first-order valence-corrected chi connectivity index (χ1v) is 7.86. The lowest BCUT2D eigenvalue weighted by Gasteiger charge is -2.05. The van der Waals surface area contributed by atoms with Crippen molar-refractivity contribution < 1.29 is 14.3 Å². The Hall–Kier alpha value is -2.53. The summed E-state index contributed by atoms with van der Waals surface area (Å²) in [5, 5.41) is -0.241. The molecule has 0 aromatic heterocycles. The van der Waals surface area contributed by atoms with Crippen LogP contribution < -0.4 is 4.74 Å². The fraction of sp³-hybridized carbons (Fsp3) is 0.111. The highest BCUT2D eigenvalue weighted by molar-refractivity contribution is 8.18. The van der Waals surface area contributed by atoms with Crippen molar-refractivity contribution in [2.24, 2.45) is 0 Å². The van der Waals surface area contributed by atoms with E-state index in [1.165, 1.54) is 7.05 Å². The second-order valence-electron chi connectivity index (χ2n) is 5.09. The second-order valence-corrected chi connectivity index (χ2v) is 6.09. The number of carbonyl (C=O) groups is 2. The summed E-state index contributed by atoms with van der Waals surface area (Å²) >= 11 is 0.964. The number of hydrogen-bond donors (Lipinski definition) is 0. The molecule has 4 nitrogen and oxygen atoms in total. The summed E-state index contributed by atoms with van der Waals surface area (Å²) in [6.07, 6.45) is 1.74. The van der Waals surface area contributed by atoms with E-state index in [0.29, 0.717) is 4.91 Å². The second kappa shape index (κ2) is 6.30. The number of likely N-dealkylation sites (N-methyl/N-ethyl adjacent to an activating group) is 1. The molecule has 1 aliphatic heterocycles. The Morgan fingerprint density at radius 1 is 1.04 bits per heavy atom. The molecule has 1 aliphatic rings. The highest BCUT2D eigenvalue weighted by Gasteiger charge is 2.31. The quantitative estimate of drug-likeness (QED) is 0.799. The Kier molecular flexibility index (Phi) is 4.21. The number of ether oxygens (including phenoxy) is 1. The van der Waals surface area contributed by atoms with Gasteiger partial charge >= 0.3 is 0 Å². The summed E-state index contributed by atoms with van der Waals surface area (Å²) in [5.74, 6) is 0.556. The van der Waals surface area contributed by atoms with Crippen molar-refractivity contribution in [3.63, 3.8) is 0 Å². The Morgan fingerprint density at radius 2 is 1.78 bits per heavy atom. The van der Waals surface area contributed by atoms with E-state index in [4.69, 9.17) is 4.74 Å². The zero-order valence-corrected chi connectivity index (χ0v) is 13.6. The Labute approximate surface area is 138 Å². The highest BCUT2D eigenvalue weighted by atomic mass is 32.2. The predicted octanol–water partition coefficient (Wildman–Crippen LogP) is 4.03. The topological polar surface area (TPSA) is 46.6 Å². The maximum absolute atomic E-state index is 11.9. The van der Waals surface area contributed by atoms with Gasteiger partial charge in [-0.15, -0.1) is 0 Å². The molecule has 1 heterocycles. The van der Waals surface area contributed by atoms with Crippen molar-refractivity contribution in [2.75, 3.05) is 14.2 Å². The van der Waals surface area contributed by atoms with Gasteiger partial charge in [0.1, 0.15) is 5.75 Å². The summed E-state index contributed by atoms with van der Waals surface area (Å²) in [6.45, 7) is 0. The Balaban J connectivity index is 1.85. The molecule has 2 amide bonds.